The molecule has 10 heteroatoms. The molecule has 0 amide bonds. The van der Waals surface area contributed by atoms with Crippen LogP contribution in [0, 0.1) is 5.82 Å². The van der Waals surface area contributed by atoms with E-state index in [2.05, 4.69) is 15.9 Å². The molecule has 0 fully saturated rings. The highest BCUT2D eigenvalue weighted by Gasteiger charge is 2.34. The Bertz CT molecular complexity index is 1340. The highest BCUT2D eigenvalue weighted by atomic mass is 79.9. The van der Waals surface area contributed by atoms with Gasteiger partial charge in [0, 0.05) is 15.0 Å². The molecule has 0 unspecified atom stereocenters. The van der Waals surface area contributed by atoms with Gasteiger partial charge < -0.3 is 4.74 Å². The van der Waals surface area contributed by atoms with E-state index in [9.17, 15) is 22.4 Å². The van der Waals surface area contributed by atoms with Crippen LogP contribution in [0.5, 0.6) is 0 Å². The van der Waals surface area contributed by atoms with Crippen LogP contribution in [-0.2, 0) is 17.5 Å². The monoisotopic (exact) mass is 599 g/mol. The molecule has 4 aromatic rings. The molecule has 0 aliphatic carbocycles. The Labute approximate surface area is 223 Å². The first-order valence-electron chi connectivity index (χ1n) is 10.8. The second-order valence-electron chi connectivity index (χ2n) is 7.17. The lowest BCUT2D eigenvalue weighted by Crippen LogP contribution is -2.15. The van der Waals surface area contributed by atoms with Crippen LogP contribution in [0.2, 0.25) is 0 Å². The fourth-order valence-corrected chi connectivity index (χ4v) is 6.43. The molecule has 1 heterocycles. The van der Waals surface area contributed by atoms with Crippen molar-refractivity contribution < 1.29 is 27.1 Å². The van der Waals surface area contributed by atoms with Crippen molar-refractivity contribution >= 4 is 60.3 Å². The predicted octanol–water partition coefficient (Wildman–Crippen LogP) is 9.35. The lowest BCUT2D eigenvalue weighted by Gasteiger charge is -2.23. The average molecular weight is 600 g/mol. The molecule has 0 saturated heterocycles. The molecule has 0 radical (unpaired) electrons. The van der Waals surface area contributed by atoms with Crippen LogP contribution in [0.25, 0.3) is 10.1 Å². The molecule has 1 aromatic heterocycles. The van der Waals surface area contributed by atoms with Gasteiger partial charge in [-0.1, -0.05) is 38.1 Å². The summed E-state index contributed by atoms with van der Waals surface area (Å²) in [5.74, 6) is -1.77. The van der Waals surface area contributed by atoms with Crippen molar-refractivity contribution in [2.45, 2.75) is 31.5 Å². The summed E-state index contributed by atoms with van der Waals surface area (Å²) >= 11 is 6.41. The standard InChI is InChI=1S/C24H16BrF4NO2S2.C2H6/c1-32-23(31)15-7-9-16(10-8-15)34-30(22-21(25)17-4-2-3-5-20(17)33-22)13-14-6-11-19(26)18(12-14)24(27,28)29;1-2/h2-12H,13H2,1H3;1-2H3. The van der Waals surface area contributed by atoms with Crippen molar-refractivity contribution in [2.24, 2.45) is 0 Å². The summed E-state index contributed by atoms with van der Waals surface area (Å²) in [5, 5.41) is 1.77. The SMILES string of the molecule is CC.COC(=O)c1ccc(SN(Cc2ccc(F)c(C(F)(F)F)c2)c2sc3ccccc3c2Br)cc1. The smallest absolute Gasteiger partial charge is 0.419 e. The minimum Gasteiger partial charge on any atom is -0.465 e. The maximum atomic E-state index is 13.8. The van der Waals surface area contributed by atoms with Crippen LogP contribution in [0.3, 0.4) is 0 Å². The summed E-state index contributed by atoms with van der Waals surface area (Å²) in [6, 6.07) is 17.5. The maximum Gasteiger partial charge on any atom is 0.419 e. The first-order valence-corrected chi connectivity index (χ1v) is 13.2. The minimum atomic E-state index is -4.79. The Balaban J connectivity index is 0.00000176. The number of anilines is 1. The third kappa shape index (κ3) is 6.41. The molecule has 0 aliphatic heterocycles. The molecular weight excluding hydrogens is 578 g/mol. The summed E-state index contributed by atoms with van der Waals surface area (Å²) < 4.78 is 62.0. The molecule has 0 saturated carbocycles. The van der Waals surface area contributed by atoms with Crippen LogP contribution < -0.4 is 4.31 Å². The number of rotatable bonds is 6. The van der Waals surface area contributed by atoms with Crippen LogP contribution in [0.15, 0.2) is 76.1 Å². The number of halogens is 5. The van der Waals surface area contributed by atoms with E-state index in [1.165, 1.54) is 36.5 Å². The van der Waals surface area contributed by atoms with Crippen molar-refractivity contribution in [1.82, 2.24) is 0 Å². The van der Waals surface area contributed by atoms with E-state index in [-0.39, 0.29) is 6.54 Å². The van der Waals surface area contributed by atoms with Crippen molar-refractivity contribution in [3.05, 3.63) is 93.7 Å². The topological polar surface area (TPSA) is 29.5 Å². The predicted molar refractivity (Wildman–Crippen MR) is 142 cm³/mol. The van der Waals surface area contributed by atoms with Gasteiger partial charge in [-0.25, -0.2) is 9.18 Å². The van der Waals surface area contributed by atoms with Gasteiger partial charge in [0.15, 0.2) is 0 Å². The third-order valence-electron chi connectivity index (χ3n) is 4.90. The first-order chi connectivity index (χ1) is 17.2. The number of hydrogen-bond donors (Lipinski definition) is 0. The molecule has 0 atom stereocenters. The number of esters is 1. The van der Waals surface area contributed by atoms with Gasteiger partial charge >= 0.3 is 12.1 Å². The summed E-state index contributed by atoms with van der Waals surface area (Å²) in [4.78, 5) is 12.5. The highest BCUT2D eigenvalue weighted by molar-refractivity contribution is 9.10. The molecular formula is C26H22BrF4NO2S2. The summed E-state index contributed by atoms with van der Waals surface area (Å²) in [6.45, 7) is 4.08. The fourth-order valence-electron chi connectivity index (χ4n) is 3.26. The van der Waals surface area contributed by atoms with Crippen LogP contribution in [0.4, 0.5) is 22.6 Å². The number of alkyl halides is 3. The van der Waals surface area contributed by atoms with E-state index in [0.29, 0.717) is 11.1 Å². The molecule has 190 valence electrons. The van der Waals surface area contributed by atoms with E-state index in [4.69, 9.17) is 4.74 Å². The zero-order chi connectivity index (χ0) is 26.5. The second kappa shape index (κ2) is 12.1. The number of benzene rings is 3. The molecule has 4 rings (SSSR count). The number of fused-ring (bicyclic) bond motifs is 1. The van der Waals surface area contributed by atoms with Crippen molar-refractivity contribution in [3.63, 3.8) is 0 Å². The number of ether oxygens (including phenoxy) is 1. The molecule has 0 N–H and O–H groups in total. The van der Waals surface area contributed by atoms with Gasteiger partial charge in [0.25, 0.3) is 0 Å². The fraction of sp³-hybridized carbons (Fsp3) is 0.192. The highest BCUT2D eigenvalue weighted by Crippen LogP contribution is 2.46. The van der Waals surface area contributed by atoms with E-state index < -0.39 is 23.5 Å². The van der Waals surface area contributed by atoms with E-state index in [0.717, 1.165) is 36.6 Å². The van der Waals surface area contributed by atoms with Crippen LogP contribution >= 0.6 is 39.2 Å². The summed E-state index contributed by atoms with van der Waals surface area (Å²) in [5.41, 5.74) is -0.612. The Morgan fingerprint density at radius 1 is 1.06 bits per heavy atom. The molecule has 3 aromatic carbocycles. The molecule has 3 nitrogen and oxygen atoms in total. The van der Waals surface area contributed by atoms with Gasteiger partial charge in [0.2, 0.25) is 0 Å². The Kier molecular flexibility index (Phi) is 9.43. The summed E-state index contributed by atoms with van der Waals surface area (Å²) in [7, 11) is 1.30. The van der Waals surface area contributed by atoms with E-state index >= 15 is 0 Å². The average Bonchev–Trinajstić information content (AvgIpc) is 3.21. The number of carbonyl (C=O) groups is 1. The van der Waals surface area contributed by atoms with Gasteiger partial charge in [-0.2, -0.15) is 13.2 Å². The third-order valence-corrected chi connectivity index (χ3v) is 8.29. The van der Waals surface area contributed by atoms with E-state index in [1.807, 2.05) is 42.4 Å². The zero-order valence-electron chi connectivity index (χ0n) is 19.5. The summed E-state index contributed by atoms with van der Waals surface area (Å²) in [6.07, 6.45) is -4.79. The number of methoxy groups -OCH3 is 1. The van der Waals surface area contributed by atoms with Crippen molar-refractivity contribution in [3.8, 4) is 0 Å². The molecule has 36 heavy (non-hydrogen) atoms. The minimum absolute atomic E-state index is 0.0815. The Morgan fingerprint density at radius 3 is 2.33 bits per heavy atom. The first kappa shape index (κ1) is 28.0. The van der Waals surface area contributed by atoms with Gasteiger partial charge in [-0.3, -0.25) is 4.31 Å². The number of nitrogens with zero attached hydrogens (tertiary/aromatic N) is 1. The van der Waals surface area contributed by atoms with Gasteiger partial charge in [0.05, 0.1) is 29.3 Å². The van der Waals surface area contributed by atoms with Crippen molar-refractivity contribution in [2.75, 3.05) is 11.4 Å². The van der Waals surface area contributed by atoms with Crippen LogP contribution in [-0.4, -0.2) is 13.1 Å². The van der Waals surface area contributed by atoms with Gasteiger partial charge in [-0.05, 0) is 75.9 Å². The largest absolute Gasteiger partial charge is 0.465 e. The van der Waals surface area contributed by atoms with Gasteiger partial charge in [0.1, 0.15) is 10.8 Å². The zero-order valence-corrected chi connectivity index (χ0v) is 22.7. The van der Waals surface area contributed by atoms with Gasteiger partial charge in [-0.15, -0.1) is 11.3 Å². The maximum absolute atomic E-state index is 13.8. The lowest BCUT2D eigenvalue weighted by molar-refractivity contribution is -0.140. The quantitative estimate of drug-likeness (QED) is 0.125. The number of carbonyl (C=O) groups excluding carboxylic acids is 1. The van der Waals surface area contributed by atoms with Crippen LogP contribution in [0.1, 0.15) is 35.3 Å². The number of thiophene rings is 1. The second-order valence-corrected chi connectivity index (χ2v) is 10.1. The molecule has 0 spiro atoms. The van der Waals surface area contributed by atoms with Crippen molar-refractivity contribution in [1.29, 1.82) is 0 Å². The number of hydrogen-bond acceptors (Lipinski definition) is 5. The Morgan fingerprint density at radius 2 is 1.72 bits per heavy atom. The molecule has 0 bridgehead atoms. The lowest BCUT2D eigenvalue weighted by atomic mass is 10.1. The molecule has 0 aliphatic rings. The van der Waals surface area contributed by atoms with E-state index in [1.54, 1.807) is 24.3 Å². The Hall–Kier alpha value is -2.56. The normalized spacial score (nSPS) is 11.1.